The summed E-state index contributed by atoms with van der Waals surface area (Å²) in [4.78, 5) is 0. The molecule has 0 radical (unpaired) electrons. The first kappa shape index (κ1) is 14.1. The fourth-order valence-electron chi connectivity index (χ4n) is 4.85. The highest BCUT2D eigenvalue weighted by Crippen LogP contribution is 2.42. The van der Waals surface area contributed by atoms with Gasteiger partial charge in [-0.15, -0.1) is 0 Å². The summed E-state index contributed by atoms with van der Waals surface area (Å²) in [7, 11) is 0. The maximum atomic E-state index is 2.35. The van der Waals surface area contributed by atoms with E-state index in [4.69, 9.17) is 0 Å². The summed E-state index contributed by atoms with van der Waals surface area (Å²) in [5.41, 5.74) is 9.85. The molecular formula is C26H18. The SMILES string of the molecule is C1=CC2C=CCc3c2c(ccc3=C2c3ccccc3-c3ccccc32)=C1. The molecule has 0 heteroatoms. The molecule has 0 saturated carbocycles. The van der Waals surface area contributed by atoms with E-state index in [1.54, 1.807) is 0 Å². The Kier molecular flexibility index (Phi) is 2.81. The summed E-state index contributed by atoms with van der Waals surface area (Å²) in [5, 5.41) is 2.78. The van der Waals surface area contributed by atoms with Crippen molar-refractivity contribution in [2.75, 3.05) is 0 Å². The molecule has 0 spiro atoms. The predicted molar refractivity (Wildman–Crippen MR) is 108 cm³/mol. The lowest BCUT2D eigenvalue weighted by Gasteiger charge is -2.22. The topological polar surface area (TPSA) is 0 Å². The Bertz CT molecular complexity index is 1200. The maximum absolute atomic E-state index is 2.35. The van der Waals surface area contributed by atoms with Crippen LogP contribution in [-0.4, -0.2) is 0 Å². The summed E-state index contributed by atoms with van der Waals surface area (Å²) in [6.07, 6.45) is 12.5. The smallest absolute Gasteiger partial charge is 0.0210 e. The van der Waals surface area contributed by atoms with E-state index in [0.717, 1.165) is 6.42 Å². The molecular weight excluding hydrogens is 312 g/mol. The first-order chi connectivity index (χ1) is 12.9. The molecule has 1 unspecified atom stereocenters. The molecule has 0 nitrogen and oxygen atoms in total. The Morgan fingerprint density at radius 2 is 1.38 bits per heavy atom. The van der Waals surface area contributed by atoms with Gasteiger partial charge in [-0.25, -0.2) is 0 Å². The van der Waals surface area contributed by atoms with E-state index in [0.29, 0.717) is 5.92 Å². The van der Waals surface area contributed by atoms with Gasteiger partial charge in [0.25, 0.3) is 0 Å². The third-order valence-electron chi connectivity index (χ3n) is 5.94. The molecule has 0 bridgehead atoms. The van der Waals surface area contributed by atoms with Gasteiger partial charge >= 0.3 is 0 Å². The molecule has 0 amide bonds. The number of hydrogen-bond acceptors (Lipinski definition) is 0. The number of hydrogen-bond donors (Lipinski definition) is 0. The Morgan fingerprint density at radius 1 is 0.692 bits per heavy atom. The number of allylic oxidation sites excluding steroid dienone is 4. The van der Waals surface area contributed by atoms with Gasteiger partial charge in [0.15, 0.2) is 0 Å². The minimum absolute atomic E-state index is 0.422. The highest BCUT2D eigenvalue weighted by Gasteiger charge is 2.25. The fourth-order valence-corrected chi connectivity index (χ4v) is 4.85. The quantitative estimate of drug-likeness (QED) is 0.418. The van der Waals surface area contributed by atoms with Crippen LogP contribution in [0.1, 0.15) is 28.2 Å². The van der Waals surface area contributed by atoms with Gasteiger partial charge < -0.3 is 0 Å². The summed E-state index contributed by atoms with van der Waals surface area (Å²) in [6.45, 7) is 0. The van der Waals surface area contributed by atoms with Crippen LogP contribution in [0, 0.1) is 0 Å². The summed E-state index contributed by atoms with van der Waals surface area (Å²) >= 11 is 0. The summed E-state index contributed by atoms with van der Waals surface area (Å²) in [5.74, 6) is 0.422. The van der Waals surface area contributed by atoms with Crippen LogP contribution in [0.4, 0.5) is 0 Å². The van der Waals surface area contributed by atoms with E-state index in [9.17, 15) is 0 Å². The average molecular weight is 330 g/mol. The van der Waals surface area contributed by atoms with Crippen LogP contribution in [0.2, 0.25) is 0 Å². The molecule has 6 rings (SSSR count). The standard InChI is InChI=1S/C26H18/c1-3-12-21-19(10-1)20-11-2-4-13-22(20)26(21)24-16-15-18-8-5-7-17-9-6-14-23(24)25(17)18/h1-13,15-17H,14H2. The van der Waals surface area contributed by atoms with E-state index in [2.05, 4.69) is 91.0 Å². The van der Waals surface area contributed by atoms with Gasteiger partial charge in [-0.05, 0) is 55.8 Å². The molecule has 3 aromatic rings. The first-order valence-corrected chi connectivity index (χ1v) is 9.32. The Morgan fingerprint density at radius 3 is 2.12 bits per heavy atom. The lowest BCUT2D eigenvalue weighted by Crippen LogP contribution is -2.27. The summed E-state index contributed by atoms with van der Waals surface area (Å²) in [6, 6.07) is 22.3. The lowest BCUT2D eigenvalue weighted by molar-refractivity contribution is 0.961. The second kappa shape index (κ2) is 5.19. The van der Waals surface area contributed by atoms with Crippen LogP contribution in [0.25, 0.3) is 22.8 Å². The van der Waals surface area contributed by atoms with Gasteiger partial charge in [-0.2, -0.15) is 0 Å². The third-order valence-corrected chi connectivity index (χ3v) is 5.94. The number of rotatable bonds is 0. The number of benzene rings is 3. The van der Waals surface area contributed by atoms with Crippen molar-refractivity contribution < 1.29 is 0 Å². The minimum atomic E-state index is 0.422. The Hall–Kier alpha value is -3.12. The molecule has 0 saturated heterocycles. The maximum Gasteiger partial charge on any atom is 0.0210 e. The zero-order chi connectivity index (χ0) is 17.1. The molecule has 0 heterocycles. The Balaban J connectivity index is 1.80. The van der Waals surface area contributed by atoms with Crippen molar-refractivity contribution in [1.29, 1.82) is 0 Å². The van der Waals surface area contributed by atoms with Crippen molar-refractivity contribution in [1.82, 2.24) is 0 Å². The molecule has 0 aromatic heterocycles. The second-order valence-electron chi connectivity index (χ2n) is 7.27. The molecule has 0 aliphatic heterocycles. The highest BCUT2D eigenvalue weighted by atomic mass is 14.3. The number of fused-ring (bicyclic) bond motifs is 3. The lowest BCUT2D eigenvalue weighted by atomic mass is 9.81. The van der Waals surface area contributed by atoms with Crippen LogP contribution >= 0.6 is 0 Å². The van der Waals surface area contributed by atoms with Gasteiger partial charge in [0.05, 0.1) is 0 Å². The zero-order valence-electron chi connectivity index (χ0n) is 14.4. The molecule has 3 aliphatic carbocycles. The van der Waals surface area contributed by atoms with E-state index < -0.39 is 0 Å². The van der Waals surface area contributed by atoms with Crippen molar-refractivity contribution in [3.63, 3.8) is 0 Å². The van der Waals surface area contributed by atoms with Crippen molar-refractivity contribution in [3.8, 4) is 11.1 Å². The van der Waals surface area contributed by atoms with Gasteiger partial charge in [0, 0.05) is 5.92 Å². The van der Waals surface area contributed by atoms with Crippen molar-refractivity contribution in [2.24, 2.45) is 0 Å². The minimum Gasteiger partial charge on any atom is -0.0832 e. The molecule has 1 atom stereocenters. The van der Waals surface area contributed by atoms with Crippen LogP contribution in [0.5, 0.6) is 0 Å². The Labute approximate surface area is 153 Å². The molecule has 122 valence electrons. The highest BCUT2D eigenvalue weighted by molar-refractivity contribution is 6.01. The fraction of sp³-hybridized carbons (Fsp3) is 0.0769. The van der Waals surface area contributed by atoms with Crippen LogP contribution in [-0.2, 0) is 6.42 Å². The molecule has 3 aliphatic rings. The first-order valence-electron chi connectivity index (χ1n) is 9.32. The normalized spacial score (nSPS) is 18.2. The van der Waals surface area contributed by atoms with Crippen LogP contribution < -0.4 is 10.4 Å². The second-order valence-corrected chi connectivity index (χ2v) is 7.27. The molecule has 0 fully saturated rings. The third kappa shape index (κ3) is 1.79. The van der Waals surface area contributed by atoms with Gasteiger partial charge in [0.2, 0.25) is 0 Å². The largest absolute Gasteiger partial charge is 0.0832 e. The zero-order valence-corrected chi connectivity index (χ0v) is 14.4. The molecule has 0 N–H and O–H groups in total. The van der Waals surface area contributed by atoms with Crippen molar-refractivity contribution in [3.05, 3.63) is 118 Å². The van der Waals surface area contributed by atoms with E-state index in [1.165, 1.54) is 49.4 Å². The summed E-state index contributed by atoms with van der Waals surface area (Å²) < 4.78 is 0. The van der Waals surface area contributed by atoms with Gasteiger partial charge in [-0.3, -0.25) is 0 Å². The van der Waals surface area contributed by atoms with E-state index in [1.807, 2.05) is 0 Å². The van der Waals surface area contributed by atoms with E-state index >= 15 is 0 Å². The molecule has 3 aromatic carbocycles. The van der Waals surface area contributed by atoms with Crippen molar-refractivity contribution >= 4 is 11.6 Å². The predicted octanol–water partition coefficient (Wildman–Crippen LogP) is 4.46. The van der Waals surface area contributed by atoms with Crippen LogP contribution in [0.3, 0.4) is 0 Å². The molecule has 26 heavy (non-hydrogen) atoms. The van der Waals surface area contributed by atoms with Gasteiger partial charge in [0.1, 0.15) is 0 Å². The van der Waals surface area contributed by atoms with Gasteiger partial charge in [-0.1, -0.05) is 91.0 Å². The van der Waals surface area contributed by atoms with E-state index in [-0.39, 0.29) is 0 Å². The van der Waals surface area contributed by atoms with Crippen LogP contribution in [0.15, 0.2) is 85.0 Å². The van der Waals surface area contributed by atoms with Crippen molar-refractivity contribution in [2.45, 2.75) is 12.3 Å². The monoisotopic (exact) mass is 330 g/mol. The average Bonchev–Trinajstić information content (AvgIpc) is 3.04.